The van der Waals surface area contributed by atoms with Crippen LogP contribution < -0.4 is 4.72 Å². The molecule has 1 heterocycles. The molecule has 1 saturated heterocycles. The van der Waals surface area contributed by atoms with E-state index in [0.717, 1.165) is 23.1 Å². The highest BCUT2D eigenvalue weighted by Gasteiger charge is 2.31. The molecule has 0 unspecified atom stereocenters. The number of nitrogens with one attached hydrogen (secondary N) is 1. The van der Waals surface area contributed by atoms with Crippen molar-refractivity contribution in [3.05, 3.63) is 59.7 Å². The molecule has 1 fully saturated rings. The lowest BCUT2D eigenvalue weighted by Crippen LogP contribution is -2.47. The van der Waals surface area contributed by atoms with Crippen LogP contribution in [0.5, 0.6) is 0 Å². The highest BCUT2D eigenvalue weighted by Crippen LogP contribution is 2.31. The van der Waals surface area contributed by atoms with Crippen molar-refractivity contribution in [1.82, 2.24) is 4.72 Å². The smallest absolute Gasteiger partial charge is 0.214 e. The van der Waals surface area contributed by atoms with Crippen molar-refractivity contribution in [2.24, 2.45) is 0 Å². The van der Waals surface area contributed by atoms with Gasteiger partial charge in [-0.25, -0.2) is 13.1 Å². The van der Waals surface area contributed by atoms with Gasteiger partial charge < -0.3 is 4.74 Å². The topological polar surface area (TPSA) is 79.2 Å². The quantitative estimate of drug-likeness (QED) is 0.857. The molecule has 0 aliphatic carbocycles. The predicted molar refractivity (Wildman–Crippen MR) is 106 cm³/mol. The second-order valence-electron chi connectivity index (χ2n) is 7.07. The average Bonchev–Trinajstić information content (AvgIpc) is 2.68. The molecule has 0 amide bonds. The molecule has 2 aromatic carbocycles. The second-order valence-corrected chi connectivity index (χ2v) is 9.34. The average molecular weight is 385 g/mol. The van der Waals surface area contributed by atoms with Crippen molar-refractivity contribution in [3.8, 4) is 17.2 Å². The molecule has 0 spiro atoms. The first-order valence-electron chi connectivity index (χ1n) is 9.10. The van der Waals surface area contributed by atoms with Crippen LogP contribution in [-0.4, -0.2) is 32.9 Å². The highest BCUT2D eigenvalue weighted by atomic mass is 32.2. The first-order chi connectivity index (χ1) is 12.9. The Morgan fingerprint density at radius 1 is 1.15 bits per heavy atom. The van der Waals surface area contributed by atoms with Crippen LogP contribution >= 0.6 is 0 Å². The molecule has 1 N–H and O–H groups in total. The Morgan fingerprint density at radius 3 is 2.52 bits per heavy atom. The van der Waals surface area contributed by atoms with E-state index < -0.39 is 15.3 Å². The monoisotopic (exact) mass is 384 g/mol. The Morgan fingerprint density at radius 2 is 1.85 bits per heavy atom. The third-order valence-electron chi connectivity index (χ3n) is 4.99. The number of ether oxygens (including phenoxy) is 1. The Balaban J connectivity index is 1.85. The summed E-state index contributed by atoms with van der Waals surface area (Å²) in [5, 5.41) is 8.82. The Kier molecular flexibility index (Phi) is 5.95. The molecule has 0 saturated carbocycles. The third kappa shape index (κ3) is 4.38. The molecule has 6 heteroatoms. The SMILES string of the molecule is CC(C)S(=O)(=O)N[C@H]1COCC[C@H]1c1ccc(-c2ccccc2C#N)cc1. The molecule has 0 bridgehead atoms. The Labute approximate surface area is 161 Å². The summed E-state index contributed by atoms with van der Waals surface area (Å²) in [5.41, 5.74) is 3.59. The number of hydrogen-bond donors (Lipinski definition) is 1. The van der Waals surface area contributed by atoms with Crippen molar-refractivity contribution in [3.63, 3.8) is 0 Å². The van der Waals surface area contributed by atoms with E-state index in [4.69, 9.17) is 4.74 Å². The van der Waals surface area contributed by atoms with E-state index in [1.807, 2.05) is 42.5 Å². The van der Waals surface area contributed by atoms with Crippen molar-refractivity contribution >= 4 is 10.0 Å². The molecule has 1 aliphatic heterocycles. The zero-order chi connectivity index (χ0) is 19.4. The molecule has 3 rings (SSSR count). The van der Waals surface area contributed by atoms with Gasteiger partial charge in [0, 0.05) is 12.5 Å². The Hall–Kier alpha value is -2.20. The molecule has 0 radical (unpaired) electrons. The van der Waals surface area contributed by atoms with E-state index in [1.165, 1.54) is 0 Å². The van der Waals surface area contributed by atoms with E-state index in [2.05, 4.69) is 10.8 Å². The number of hydrogen-bond acceptors (Lipinski definition) is 4. The maximum Gasteiger partial charge on any atom is 0.214 e. The zero-order valence-corrected chi connectivity index (χ0v) is 16.4. The summed E-state index contributed by atoms with van der Waals surface area (Å²) in [5.74, 6) is 0.0625. The minimum atomic E-state index is -3.36. The molecule has 142 valence electrons. The lowest BCUT2D eigenvalue weighted by Gasteiger charge is -2.33. The van der Waals surface area contributed by atoms with Crippen LogP contribution in [0, 0.1) is 11.3 Å². The molecule has 1 aliphatic rings. The second kappa shape index (κ2) is 8.22. The van der Waals surface area contributed by atoms with Gasteiger partial charge in [0.15, 0.2) is 0 Å². The van der Waals surface area contributed by atoms with Gasteiger partial charge in [-0.3, -0.25) is 0 Å². The van der Waals surface area contributed by atoms with Crippen molar-refractivity contribution in [2.75, 3.05) is 13.2 Å². The molecule has 5 nitrogen and oxygen atoms in total. The number of nitriles is 1. The molecular formula is C21H24N2O3S. The van der Waals surface area contributed by atoms with E-state index >= 15 is 0 Å². The van der Waals surface area contributed by atoms with Crippen LogP contribution in [0.4, 0.5) is 0 Å². The van der Waals surface area contributed by atoms with E-state index in [9.17, 15) is 13.7 Å². The summed E-state index contributed by atoms with van der Waals surface area (Å²) in [7, 11) is -3.36. The van der Waals surface area contributed by atoms with Crippen molar-refractivity contribution < 1.29 is 13.2 Å². The number of nitrogens with zero attached hydrogens (tertiary/aromatic N) is 1. The third-order valence-corrected chi connectivity index (χ3v) is 6.86. The first-order valence-corrected chi connectivity index (χ1v) is 10.7. The summed E-state index contributed by atoms with van der Waals surface area (Å²) in [6, 6.07) is 17.5. The van der Waals surface area contributed by atoms with Gasteiger partial charge in [0.2, 0.25) is 10.0 Å². The minimum absolute atomic E-state index is 0.0625. The van der Waals surface area contributed by atoms with Gasteiger partial charge in [-0.15, -0.1) is 0 Å². The van der Waals surface area contributed by atoms with Gasteiger partial charge in [0.1, 0.15) is 0 Å². The molecule has 27 heavy (non-hydrogen) atoms. The molecule has 0 aromatic heterocycles. The van der Waals surface area contributed by atoms with Crippen LogP contribution in [0.15, 0.2) is 48.5 Å². The fraction of sp³-hybridized carbons (Fsp3) is 0.381. The maximum atomic E-state index is 12.3. The van der Waals surface area contributed by atoms with Gasteiger partial charge in [-0.1, -0.05) is 42.5 Å². The van der Waals surface area contributed by atoms with Crippen LogP contribution in [-0.2, 0) is 14.8 Å². The lowest BCUT2D eigenvalue weighted by atomic mass is 9.87. The van der Waals surface area contributed by atoms with Crippen LogP contribution in [0.1, 0.15) is 37.3 Å². The van der Waals surface area contributed by atoms with Crippen molar-refractivity contribution in [2.45, 2.75) is 37.5 Å². The maximum absolute atomic E-state index is 12.3. The fourth-order valence-corrected chi connectivity index (χ4v) is 4.27. The molecule has 2 atom stereocenters. The summed E-state index contributed by atoms with van der Waals surface area (Å²) in [6.07, 6.45) is 0.763. The van der Waals surface area contributed by atoms with Crippen LogP contribution in [0.2, 0.25) is 0 Å². The van der Waals surface area contributed by atoms with Crippen molar-refractivity contribution in [1.29, 1.82) is 5.26 Å². The van der Waals surface area contributed by atoms with Gasteiger partial charge in [0.05, 0.1) is 29.5 Å². The predicted octanol–water partition coefficient (Wildman–Crippen LogP) is 3.43. The largest absolute Gasteiger partial charge is 0.380 e. The summed E-state index contributed by atoms with van der Waals surface area (Å²) >= 11 is 0. The van der Waals surface area contributed by atoms with Crippen LogP contribution in [0.25, 0.3) is 11.1 Å². The standard InChI is InChI=1S/C21H24N2O3S/c1-15(2)27(24,25)23-21-14-26-12-11-20(21)17-9-7-16(8-10-17)19-6-4-3-5-18(19)13-22/h3-10,15,20-21,23H,11-12,14H2,1-2H3/t20-,21-/m0/s1. The summed E-state index contributed by atoms with van der Waals surface area (Å²) in [6.45, 7) is 4.32. The van der Waals surface area contributed by atoms with Crippen LogP contribution in [0.3, 0.4) is 0 Å². The molecular weight excluding hydrogens is 360 g/mol. The first kappa shape index (κ1) is 19.6. The van der Waals surface area contributed by atoms with Gasteiger partial charge in [-0.05, 0) is 43.0 Å². The van der Waals surface area contributed by atoms with Gasteiger partial charge in [-0.2, -0.15) is 5.26 Å². The van der Waals surface area contributed by atoms with Gasteiger partial charge in [0.25, 0.3) is 0 Å². The zero-order valence-electron chi connectivity index (χ0n) is 15.6. The Bertz CT molecular complexity index is 931. The summed E-state index contributed by atoms with van der Waals surface area (Å²) in [4.78, 5) is 0. The molecule has 2 aromatic rings. The van der Waals surface area contributed by atoms with E-state index in [1.54, 1.807) is 19.9 Å². The van der Waals surface area contributed by atoms with E-state index in [-0.39, 0.29) is 12.0 Å². The van der Waals surface area contributed by atoms with E-state index in [0.29, 0.717) is 18.8 Å². The normalized spacial score (nSPS) is 20.4. The number of benzene rings is 2. The lowest BCUT2D eigenvalue weighted by molar-refractivity contribution is 0.0644. The van der Waals surface area contributed by atoms with Gasteiger partial charge >= 0.3 is 0 Å². The fourth-order valence-electron chi connectivity index (χ4n) is 3.34. The number of rotatable bonds is 5. The highest BCUT2D eigenvalue weighted by molar-refractivity contribution is 7.90. The summed E-state index contributed by atoms with van der Waals surface area (Å²) < 4.78 is 32.9. The minimum Gasteiger partial charge on any atom is -0.380 e. The number of sulfonamides is 1.